The first kappa shape index (κ1) is 19.0. The van der Waals surface area contributed by atoms with Gasteiger partial charge >= 0.3 is 0 Å². The summed E-state index contributed by atoms with van der Waals surface area (Å²) in [5.41, 5.74) is 2.35. The van der Waals surface area contributed by atoms with Gasteiger partial charge in [-0.25, -0.2) is 4.98 Å². The summed E-state index contributed by atoms with van der Waals surface area (Å²) in [5, 5.41) is 9.52. The Labute approximate surface area is 140 Å². The molecule has 0 aliphatic carbocycles. The SMILES string of the molecule is CNC(=O)c1ccc(OC)c(-c2cccnc2N(C)C)c1.O=CO. The zero-order valence-electron chi connectivity index (χ0n) is 14.1. The second kappa shape index (κ2) is 9.14. The van der Waals surface area contributed by atoms with Gasteiger partial charge in [0.05, 0.1) is 7.11 Å². The second-order valence-electron chi connectivity index (χ2n) is 4.87. The molecule has 2 aromatic rings. The molecule has 7 heteroatoms. The molecule has 24 heavy (non-hydrogen) atoms. The van der Waals surface area contributed by atoms with Crippen LogP contribution in [0.4, 0.5) is 5.82 Å². The van der Waals surface area contributed by atoms with E-state index in [4.69, 9.17) is 14.6 Å². The van der Waals surface area contributed by atoms with Gasteiger partial charge in [-0.05, 0) is 30.3 Å². The highest BCUT2D eigenvalue weighted by atomic mass is 16.5. The lowest BCUT2D eigenvalue weighted by Gasteiger charge is -2.18. The van der Waals surface area contributed by atoms with Crippen molar-refractivity contribution >= 4 is 18.2 Å². The maximum absolute atomic E-state index is 11.8. The Bertz CT molecular complexity index is 702. The highest BCUT2D eigenvalue weighted by Crippen LogP contribution is 2.35. The molecular weight excluding hydrogens is 310 g/mol. The van der Waals surface area contributed by atoms with Crippen molar-refractivity contribution in [2.24, 2.45) is 0 Å². The predicted molar refractivity (Wildman–Crippen MR) is 92.6 cm³/mol. The molecule has 0 radical (unpaired) electrons. The van der Waals surface area contributed by atoms with Crippen molar-refractivity contribution in [3.05, 3.63) is 42.1 Å². The molecule has 0 aliphatic heterocycles. The quantitative estimate of drug-likeness (QED) is 0.831. The maximum atomic E-state index is 11.8. The summed E-state index contributed by atoms with van der Waals surface area (Å²) in [6, 6.07) is 9.20. The first-order valence-corrected chi connectivity index (χ1v) is 7.10. The van der Waals surface area contributed by atoms with Crippen LogP contribution in [0.1, 0.15) is 10.4 Å². The molecule has 0 saturated heterocycles. The molecular formula is C17H21N3O4. The molecule has 1 amide bonds. The first-order chi connectivity index (χ1) is 11.5. The molecule has 1 aromatic heterocycles. The third-order valence-corrected chi connectivity index (χ3v) is 3.19. The van der Waals surface area contributed by atoms with Gasteiger partial charge in [-0.3, -0.25) is 9.59 Å². The minimum atomic E-state index is -0.250. The number of carbonyl (C=O) groups is 2. The van der Waals surface area contributed by atoms with Gasteiger partial charge in [-0.2, -0.15) is 0 Å². The Kier molecular flexibility index (Phi) is 7.22. The lowest BCUT2D eigenvalue weighted by Crippen LogP contribution is -2.18. The van der Waals surface area contributed by atoms with Crippen LogP contribution in [0.2, 0.25) is 0 Å². The summed E-state index contributed by atoms with van der Waals surface area (Å²) in [6.07, 6.45) is 1.74. The molecule has 1 aromatic carbocycles. The lowest BCUT2D eigenvalue weighted by molar-refractivity contribution is -0.122. The zero-order valence-corrected chi connectivity index (χ0v) is 14.1. The summed E-state index contributed by atoms with van der Waals surface area (Å²) in [6.45, 7) is -0.250. The van der Waals surface area contributed by atoms with Crippen LogP contribution in [-0.2, 0) is 4.79 Å². The number of aromatic nitrogens is 1. The summed E-state index contributed by atoms with van der Waals surface area (Å²) in [7, 11) is 7.09. The number of ether oxygens (including phenoxy) is 1. The summed E-state index contributed by atoms with van der Waals surface area (Å²) in [4.78, 5) is 26.5. The zero-order chi connectivity index (χ0) is 18.1. The van der Waals surface area contributed by atoms with Crippen LogP contribution in [-0.4, -0.2) is 50.7 Å². The third kappa shape index (κ3) is 4.45. The normalized spacial score (nSPS) is 9.33. The standard InChI is InChI=1S/C16H19N3O2.CH2O2/c1-17-16(20)11-7-8-14(21-4)13(10-11)12-6-5-9-18-15(12)19(2)3;2-1-3/h5-10H,1-4H3,(H,17,20);1H,(H,2,3). The molecule has 128 valence electrons. The average molecular weight is 331 g/mol. The molecule has 0 atom stereocenters. The van der Waals surface area contributed by atoms with Crippen molar-refractivity contribution in [3.63, 3.8) is 0 Å². The van der Waals surface area contributed by atoms with E-state index in [0.717, 1.165) is 16.9 Å². The summed E-state index contributed by atoms with van der Waals surface area (Å²) in [5.74, 6) is 1.40. The van der Waals surface area contributed by atoms with Crippen molar-refractivity contribution in [2.45, 2.75) is 0 Å². The van der Waals surface area contributed by atoms with Gasteiger partial charge in [0, 0.05) is 44.0 Å². The number of nitrogens with zero attached hydrogens (tertiary/aromatic N) is 2. The number of methoxy groups -OCH3 is 1. The first-order valence-electron chi connectivity index (χ1n) is 7.10. The van der Waals surface area contributed by atoms with E-state index in [1.807, 2.05) is 37.2 Å². The topological polar surface area (TPSA) is 91.8 Å². The fourth-order valence-electron chi connectivity index (χ4n) is 2.17. The number of hydrogen-bond acceptors (Lipinski definition) is 5. The van der Waals surface area contributed by atoms with Crippen LogP contribution in [0.3, 0.4) is 0 Å². The van der Waals surface area contributed by atoms with Gasteiger partial charge in [0.1, 0.15) is 11.6 Å². The number of hydrogen-bond donors (Lipinski definition) is 2. The molecule has 7 nitrogen and oxygen atoms in total. The van der Waals surface area contributed by atoms with Crippen molar-refractivity contribution in [3.8, 4) is 16.9 Å². The van der Waals surface area contributed by atoms with E-state index in [1.54, 1.807) is 32.5 Å². The highest BCUT2D eigenvalue weighted by Gasteiger charge is 2.15. The monoisotopic (exact) mass is 331 g/mol. The fraction of sp³-hybridized carbons (Fsp3) is 0.235. The average Bonchev–Trinajstić information content (AvgIpc) is 2.61. The Morgan fingerprint density at radius 2 is 1.96 bits per heavy atom. The van der Waals surface area contributed by atoms with Gasteiger partial charge in [0.25, 0.3) is 12.4 Å². The Hall–Kier alpha value is -3.09. The highest BCUT2D eigenvalue weighted by molar-refractivity contribution is 5.96. The van der Waals surface area contributed by atoms with Crippen LogP contribution < -0.4 is 15.0 Å². The van der Waals surface area contributed by atoms with E-state index in [-0.39, 0.29) is 12.4 Å². The van der Waals surface area contributed by atoms with Crippen molar-refractivity contribution in [1.82, 2.24) is 10.3 Å². The van der Waals surface area contributed by atoms with Gasteiger partial charge in [-0.15, -0.1) is 0 Å². The predicted octanol–water partition coefficient (Wildman–Crippen LogP) is 1.88. The van der Waals surface area contributed by atoms with Crippen LogP contribution >= 0.6 is 0 Å². The number of carboxylic acid groups (broad SMARTS) is 1. The fourth-order valence-corrected chi connectivity index (χ4v) is 2.17. The van der Waals surface area contributed by atoms with E-state index < -0.39 is 0 Å². The number of amides is 1. The van der Waals surface area contributed by atoms with Crippen LogP contribution in [0.25, 0.3) is 11.1 Å². The van der Waals surface area contributed by atoms with Crippen molar-refractivity contribution in [2.75, 3.05) is 33.2 Å². The van der Waals surface area contributed by atoms with Crippen LogP contribution in [0.15, 0.2) is 36.5 Å². The minimum Gasteiger partial charge on any atom is -0.496 e. The van der Waals surface area contributed by atoms with Gasteiger partial charge < -0.3 is 20.1 Å². The molecule has 0 saturated carbocycles. The lowest BCUT2D eigenvalue weighted by atomic mass is 10.0. The maximum Gasteiger partial charge on any atom is 0.290 e. The molecule has 0 spiro atoms. The number of carbonyl (C=O) groups excluding carboxylic acids is 1. The van der Waals surface area contributed by atoms with Gasteiger partial charge in [0.15, 0.2) is 0 Å². The van der Waals surface area contributed by atoms with E-state index in [0.29, 0.717) is 11.3 Å². The Morgan fingerprint density at radius 3 is 2.50 bits per heavy atom. The number of benzene rings is 1. The third-order valence-electron chi connectivity index (χ3n) is 3.19. The van der Waals surface area contributed by atoms with Crippen molar-refractivity contribution in [1.29, 1.82) is 0 Å². The molecule has 0 fully saturated rings. The number of nitrogens with one attached hydrogen (secondary N) is 1. The van der Waals surface area contributed by atoms with Crippen LogP contribution in [0.5, 0.6) is 5.75 Å². The molecule has 2 N–H and O–H groups in total. The number of rotatable bonds is 4. The van der Waals surface area contributed by atoms with Gasteiger partial charge in [0.2, 0.25) is 0 Å². The van der Waals surface area contributed by atoms with E-state index in [9.17, 15) is 4.79 Å². The number of anilines is 1. The number of pyridine rings is 1. The smallest absolute Gasteiger partial charge is 0.290 e. The molecule has 1 heterocycles. The molecule has 0 bridgehead atoms. The Balaban J connectivity index is 0.000000891. The largest absolute Gasteiger partial charge is 0.496 e. The van der Waals surface area contributed by atoms with E-state index in [1.165, 1.54) is 0 Å². The van der Waals surface area contributed by atoms with Crippen LogP contribution in [0, 0.1) is 0 Å². The summed E-state index contributed by atoms with van der Waals surface area (Å²) >= 11 is 0. The van der Waals surface area contributed by atoms with E-state index >= 15 is 0 Å². The molecule has 0 unspecified atom stereocenters. The minimum absolute atomic E-state index is 0.130. The molecule has 0 aliphatic rings. The molecule has 2 rings (SSSR count). The summed E-state index contributed by atoms with van der Waals surface area (Å²) < 4.78 is 5.42. The second-order valence-corrected chi connectivity index (χ2v) is 4.87. The Morgan fingerprint density at radius 1 is 1.29 bits per heavy atom. The van der Waals surface area contributed by atoms with E-state index in [2.05, 4.69) is 10.3 Å². The van der Waals surface area contributed by atoms with Crippen molar-refractivity contribution < 1.29 is 19.4 Å². The van der Waals surface area contributed by atoms with Gasteiger partial charge in [-0.1, -0.05) is 0 Å².